The summed E-state index contributed by atoms with van der Waals surface area (Å²) in [5.74, 6) is -1.96. The zero-order chi connectivity index (χ0) is 28.0. The molecule has 0 aliphatic heterocycles. The van der Waals surface area contributed by atoms with Crippen molar-refractivity contribution in [1.82, 2.24) is 0 Å². The number of ether oxygens (including phenoxy) is 1. The van der Waals surface area contributed by atoms with Crippen LogP contribution < -0.4 is 0 Å². The molecule has 2 aromatic carbocycles. The van der Waals surface area contributed by atoms with Gasteiger partial charge in [0.05, 0.1) is 29.2 Å². The van der Waals surface area contributed by atoms with Crippen LogP contribution in [-0.2, 0) is 34.0 Å². The van der Waals surface area contributed by atoms with Crippen molar-refractivity contribution in [3.8, 4) is 0 Å². The molecule has 1 aliphatic carbocycles. The molecule has 8 nitrogen and oxygen atoms in total. The van der Waals surface area contributed by atoms with E-state index in [1.54, 1.807) is 36.4 Å². The number of carboxylic acids is 1. The fourth-order valence-electron chi connectivity index (χ4n) is 4.79. The highest BCUT2D eigenvalue weighted by Gasteiger charge is 2.58. The van der Waals surface area contributed by atoms with Gasteiger partial charge >= 0.3 is 11.9 Å². The average Bonchev–Trinajstić information content (AvgIpc) is 2.90. The van der Waals surface area contributed by atoms with Gasteiger partial charge in [-0.25, -0.2) is 16.8 Å². The number of aliphatic carboxylic acids is 1. The van der Waals surface area contributed by atoms with Crippen molar-refractivity contribution in [3.63, 3.8) is 0 Å². The fourth-order valence-corrected chi connectivity index (χ4v) is 9.94. The molecule has 0 amide bonds. The molecule has 1 aliphatic rings. The predicted molar refractivity (Wildman–Crippen MR) is 143 cm³/mol. The van der Waals surface area contributed by atoms with E-state index in [9.17, 15) is 26.4 Å². The first-order valence-electron chi connectivity index (χ1n) is 12.2. The third-order valence-corrected chi connectivity index (χ3v) is 12.6. The van der Waals surface area contributed by atoms with Gasteiger partial charge in [-0.2, -0.15) is 0 Å². The summed E-state index contributed by atoms with van der Waals surface area (Å²) in [6.45, 7) is 8.30. The molecule has 10 heteroatoms. The molecule has 204 valence electrons. The van der Waals surface area contributed by atoms with Crippen molar-refractivity contribution in [1.29, 1.82) is 0 Å². The van der Waals surface area contributed by atoms with E-state index in [0.29, 0.717) is 18.4 Å². The van der Waals surface area contributed by atoms with E-state index in [-0.39, 0.29) is 54.4 Å². The van der Waals surface area contributed by atoms with Crippen LogP contribution in [0.15, 0.2) is 94.8 Å². The Balaban J connectivity index is 1.80. The van der Waals surface area contributed by atoms with Crippen molar-refractivity contribution in [2.45, 2.75) is 58.8 Å². The summed E-state index contributed by atoms with van der Waals surface area (Å²) in [6.07, 6.45) is 0.228. The monoisotopic (exact) mass is 560 g/mol. The number of esters is 1. The molecule has 38 heavy (non-hydrogen) atoms. The Morgan fingerprint density at radius 2 is 1.42 bits per heavy atom. The lowest BCUT2D eigenvalue weighted by Crippen LogP contribution is -2.49. The van der Waals surface area contributed by atoms with E-state index in [1.165, 1.54) is 24.3 Å². The highest BCUT2D eigenvalue weighted by Crippen LogP contribution is 2.50. The lowest BCUT2D eigenvalue weighted by Gasteiger charge is -2.40. The quantitative estimate of drug-likeness (QED) is 0.224. The van der Waals surface area contributed by atoms with Crippen LogP contribution in [0.5, 0.6) is 0 Å². The second-order valence-electron chi connectivity index (χ2n) is 9.35. The molecule has 3 rings (SSSR count). The molecule has 1 fully saturated rings. The largest absolute Gasteiger partial charge is 0.481 e. The van der Waals surface area contributed by atoms with E-state index >= 15 is 0 Å². The number of hydrogen-bond donors (Lipinski definition) is 1. The Hall–Kier alpha value is -3.24. The lowest BCUT2D eigenvalue weighted by molar-refractivity contribution is -0.147. The molecule has 0 spiro atoms. The second-order valence-corrected chi connectivity index (χ2v) is 14.1. The van der Waals surface area contributed by atoms with Gasteiger partial charge in [0, 0.05) is 12.3 Å². The van der Waals surface area contributed by atoms with E-state index in [2.05, 4.69) is 13.2 Å². The average molecular weight is 561 g/mol. The number of rotatable bonds is 12. The highest BCUT2D eigenvalue weighted by atomic mass is 32.3. The number of carbonyl (C=O) groups is 2. The lowest BCUT2D eigenvalue weighted by atomic mass is 9.79. The van der Waals surface area contributed by atoms with Gasteiger partial charge in [-0.05, 0) is 49.9 Å². The van der Waals surface area contributed by atoms with Crippen molar-refractivity contribution in [2.24, 2.45) is 5.92 Å². The second kappa shape index (κ2) is 12.1. The number of sulfone groups is 2. The first-order chi connectivity index (χ1) is 17.9. The van der Waals surface area contributed by atoms with Crippen LogP contribution >= 0.6 is 0 Å². The van der Waals surface area contributed by atoms with Crippen LogP contribution in [0.3, 0.4) is 0 Å². The molecule has 1 N–H and O–H groups in total. The Labute approximate surface area is 223 Å². The maximum Gasteiger partial charge on any atom is 0.306 e. The van der Waals surface area contributed by atoms with Gasteiger partial charge in [0.2, 0.25) is 0 Å². The summed E-state index contributed by atoms with van der Waals surface area (Å²) in [7, 11) is -8.66. The minimum Gasteiger partial charge on any atom is -0.481 e. The van der Waals surface area contributed by atoms with Crippen LogP contribution in [0.4, 0.5) is 0 Å². The van der Waals surface area contributed by atoms with Crippen molar-refractivity contribution >= 4 is 31.6 Å². The summed E-state index contributed by atoms with van der Waals surface area (Å²) in [6, 6.07) is 15.2. The zero-order valence-electron chi connectivity index (χ0n) is 21.0. The third-order valence-electron chi connectivity index (χ3n) is 6.83. The molecular weight excluding hydrogens is 528 g/mol. The van der Waals surface area contributed by atoms with Gasteiger partial charge in [-0.1, -0.05) is 60.7 Å². The number of carbonyl (C=O) groups excluding carboxylic acids is 1. The van der Waals surface area contributed by atoms with E-state index in [0.717, 1.165) is 5.57 Å². The number of hydrogen-bond acceptors (Lipinski definition) is 7. The number of allylic oxidation sites excluding steroid dienone is 2. The van der Waals surface area contributed by atoms with Gasteiger partial charge in [-0.15, -0.1) is 0 Å². The van der Waals surface area contributed by atoms with Gasteiger partial charge in [0.1, 0.15) is 0 Å². The summed E-state index contributed by atoms with van der Waals surface area (Å²) < 4.78 is 58.9. The Morgan fingerprint density at radius 1 is 0.895 bits per heavy atom. The van der Waals surface area contributed by atoms with Crippen LogP contribution in [0.2, 0.25) is 0 Å². The smallest absolute Gasteiger partial charge is 0.306 e. The summed E-state index contributed by atoms with van der Waals surface area (Å²) in [5.41, 5.74) is 1.22. The van der Waals surface area contributed by atoms with Crippen LogP contribution in [-0.4, -0.2) is 44.6 Å². The SMILES string of the molecule is C=C(CCCOC(=O)CCC(=O)O)[C@@H]1CCC(S(=O)(=O)c2ccccc2)(S(=O)(=O)c2ccccc2)CC1=C. The topological polar surface area (TPSA) is 132 Å². The molecule has 1 atom stereocenters. The molecule has 0 aromatic heterocycles. The molecule has 0 bridgehead atoms. The molecule has 1 saturated carbocycles. The Morgan fingerprint density at radius 3 is 1.89 bits per heavy atom. The maximum absolute atomic E-state index is 14.0. The standard InChI is InChI=1S/C28H32O8S2/c1-21(10-9-19-36-27(31)16-15-26(29)30)25-17-18-28(20-22(25)2,37(32,33)23-11-5-3-6-12-23)38(34,35)24-13-7-4-8-14-24/h3-8,11-14,25H,1-2,9-10,15-20H2,(H,29,30)/t25-/m0/s1. The summed E-state index contributed by atoms with van der Waals surface area (Å²) in [5, 5.41) is 8.64. The third kappa shape index (κ3) is 6.07. The van der Waals surface area contributed by atoms with Crippen molar-refractivity contribution < 1.29 is 36.3 Å². The maximum atomic E-state index is 14.0. The van der Waals surface area contributed by atoms with Crippen molar-refractivity contribution in [2.75, 3.05) is 6.61 Å². The van der Waals surface area contributed by atoms with Crippen LogP contribution in [0.1, 0.15) is 44.9 Å². The number of carboxylic acid groups (broad SMARTS) is 1. The van der Waals surface area contributed by atoms with Gasteiger partial charge in [0.15, 0.2) is 23.8 Å². The Bertz CT molecular complexity index is 1330. The summed E-state index contributed by atoms with van der Waals surface area (Å²) >= 11 is 0. The predicted octanol–water partition coefficient (Wildman–Crippen LogP) is 4.73. The van der Waals surface area contributed by atoms with Gasteiger partial charge in [-0.3, -0.25) is 9.59 Å². The minimum atomic E-state index is -4.33. The molecule has 0 unspecified atom stereocenters. The van der Waals surface area contributed by atoms with Crippen LogP contribution in [0, 0.1) is 5.92 Å². The van der Waals surface area contributed by atoms with Crippen LogP contribution in [0.25, 0.3) is 0 Å². The molecule has 0 radical (unpaired) electrons. The first-order valence-corrected chi connectivity index (χ1v) is 15.2. The van der Waals surface area contributed by atoms with Gasteiger partial charge < -0.3 is 9.84 Å². The number of benzene rings is 2. The minimum absolute atomic E-state index is 0.0608. The Kier molecular flexibility index (Phi) is 9.32. The molecular formula is C28H32O8S2. The molecule has 0 saturated heterocycles. The van der Waals surface area contributed by atoms with Gasteiger partial charge in [0.25, 0.3) is 0 Å². The first kappa shape index (κ1) is 29.3. The fraction of sp³-hybridized carbons (Fsp3) is 0.357. The molecule has 2 aromatic rings. The summed E-state index contributed by atoms with van der Waals surface area (Å²) in [4.78, 5) is 22.0. The zero-order valence-corrected chi connectivity index (χ0v) is 22.7. The normalized spacial score (nSPS) is 17.5. The highest BCUT2D eigenvalue weighted by molar-refractivity contribution is 8.10. The van der Waals surface area contributed by atoms with E-state index in [1.807, 2.05) is 0 Å². The van der Waals surface area contributed by atoms with E-state index < -0.39 is 35.7 Å². The van der Waals surface area contributed by atoms with Crippen molar-refractivity contribution in [3.05, 3.63) is 85.0 Å². The van der Waals surface area contributed by atoms with E-state index in [4.69, 9.17) is 9.84 Å². The molecule has 0 heterocycles.